The van der Waals surface area contributed by atoms with Crippen molar-refractivity contribution in [3.8, 4) is 0 Å². The molecule has 0 fully saturated rings. The van der Waals surface area contributed by atoms with Crippen molar-refractivity contribution in [3.05, 3.63) is 0 Å². The zero-order valence-corrected chi connectivity index (χ0v) is 9.17. The first-order valence-corrected chi connectivity index (χ1v) is 4.84. The van der Waals surface area contributed by atoms with Gasteiger partial charge in [-0.1, -0.05) is 22.6 Å². The lowest BCUT2D eigenvalue weighted by molar-refractivity contribution is 0.0244. The Bertz CT molecular complexity index is 78.1. The molecule has 1 unspecified atom stereocenters. The lowest BCUT2D eigenvalue weighted by atomic mass is 10.7. The third-order valence-corrected chi connectivity index (χ3v) is 1.37. The van der Waals surface area contributed by atoms with Crippen LogP contribution in [-0.4, -0.2) is 37.6 Å². The standard InChI is InChI=1S/C7H15IO3/c1-7(8)11-6-5-10-4-3-9-2/h7H,3-6H2,1-2H3. The summed E-state index contributed by atoms with van der Waals surface area (Å²) >= 11 is 2.21. The molecule has 0 aliphatic rings. The molecule has 0 radical (unpaired) electrons. The van der Waals surface area contributed by atoms with Gasteiger partial charge in [0.2, 0.25) is 0 Å². The third kappa shape index (κ3) is 10.6. The van der Waals surface area contributed by atoms with Crippen LogP contribution in [0.15, 0.2) is 0 Å². The van der Waals surface area contributed by atoms with Gasteiger partial charge >= 0.3 is 0 Å². The summed E-state index contributed by atoms with van der Waals surface area (Å²) in [4.78, 5) is 0. The zero-order valence-electron chi connectivity index (χ0n) is 7.01. The van der Waals surface area contributed by atoms with Crippen molar-refractivity contribution in [2.75, 3.05) is 33.5 Å². The number of halogens is 1. The summed E-state index contributed by atoms with van der Waals surface area (Å²) in [6.45, 7) is 4.61. The third-order valence-electron chi connectivity index (χ3n) is 1.01. The monoisotopic (exact) mass is 274 g/mol. The van der Waals surface area contributed by atoms with Crippen LogP contribution in [0.4, 0.5) is 0 Å². The lowest BCUT2D eigenvalue weighted by Gasteiger charge is -2.06. The first kappa shape index (κ1) is 11.6. The largest absolute Gasteiger partial charge is 0.382 e. The van der Waals surface area contributed by atoms with E-state index in [1.807, 2.05) is 6.92 Å². The van der Waals surface area contributed by atoms with Crippen molar-refractivity contribution in [2.24, 2.45) is 0 Å². The second-order valence-electron chi connectivity index (χ2n) is 2.02. The molecule has 0 aliphatic heterocycles. The second kappa shape index (κ2) is 8.70. The summed E-state index contributed by atoms with van der Waals surface area (Å²) in [5, 5.41) is 0. The van der Waals surface area contributed by atoms with Gasteiger partial charge in [-0.2, -0.15) is 0 Å². The van der Waals surface area contributed by atoms with Gasteiger partial charge in [-0.05, 0) is 6.92 Å². The predicted octanol–water partition coefficient (Wildman–Crippen LogP) is 1.45. The number of alkyl halides is 1. The van der Waals surface area contributed by atoms with Gasteiger partial charge in [0.15, 0.2) is 0 Å². The van der Waals surface area contributed by atoms with Crippen LogP contribution < -0.4 is 0 Å². The van der Waals surface area contributed by atoms with Crippen LogP contribution in [-0.2, 0) is 14.2 Å². The normalized spacial score (nSPS) is 13.4. The molecule has 0 aromatic heterocycles. The molecule has 0 saturated heterocycles. The van der Waals surface area contributed by atoms with Crippen LogP contribution in [0.5, 0.6) is 0 Å². The summed E-state index contributed by atoms with van der Waals surface area (Å²) < 4.78 is 15.5. The molecule has 0 aliphatic carbocycles. The number of hydrogen-bond acceptors (Lipinski definition) is 3. The van der Waals surface area contributed by atoms with Crippen molar-refractivity contribution < 1.29 is 14.2 Å². The summed E-state index contributed by atoms with van der Waals surface area (Å²) in [5.41, 5.74) is 0. The molecule has 3 nitrogen and oxygen atoms in total. The summed E-state index contributed by atoms with van der Waals surface area (Å²) in [7, 11) is 1.66. The van der Waals surface area contributed by atoms with Gasteiger partial charge in [0.25, 0.3) is 0 Å². The molecule has 0 spiro atoms. The molecule has 68 valence electrons. The Morgan fingerprint density at radius 3 is 2.36 bits per heavy atom. The highest BCUT2D eigenvalue weighted by Crippen LogP contribution is 1.98. The first-order valence-electron chi connectivity index (χ1n) is 3.59. The topological polar surface area (TPSA) is 27.7 Å². The van der Waals surface area contributed by atoms with E-state index < -0.39 is 0 Å². The van der Waals surface area contributed by atoms with E-state index in [-0.39, 0.29) is 4.11 Å². The van der Waals surface area contributed by atoms with Gasteiger partial charge in [0.1, 0.15) is 4.11 Å². The summed E-state index contributed by atoms with van der Waals surface area (Å²) in [6.07, 6.45) is 0. The molecule has 0 N–H and O–H groups in total. The molecular weight excluding hydrogens is 259 g/mol. The Kier molecular flexibility index (Phi) is 9.19. The average molecular weight is 274 g/mol. The Morgan fingerprint density at radius 1 is 1.18 bits per heavy atom. The van der Waals surface area contributed by atoms with Crippen LogP contribution in [0.25, 0.3) is 0 Å². The van der Waals surface area contributed by atoms with Crippen molar-refractivity contribution in [3.63, 3.8) is 0 Å². The van der Waals surface area contributed by atoms with Crippen molar-refractivity contribution in [2.45, 2.75) is 11.0 Å². The van der Waals surface area contributed by atoms with E-state index in [0.717, 1.165) is 0 Å². The highest BCUT2D eigenvalue weighted by Gasteiger charge is 1.93. The molecule has 0 saturated carbocycles. The number of hydrogen-bond donors (Lipinski definition) is 0. The zero-order chi connectivity index (χ0) is 8.53. The summed E-state index contributed by atoms with van der Waals surface area (Å²) in [6, 6.07) is 0. The van der Waals surface area contributed by atoms with Gasteiger partial charge in [-0.15, -0.1) is 0 Å². The van der Waals surface area contributed by atoms with Crippen LogP contribution >= 0.6 is 22.6 Å². The maximum absolute atomic E-state index is 5.24. The fourth-order valence-corrected chi connectivity index (χ4v) is 0.768. The maximum Gasteiger partial charge on any atom is 0.106 e. The molecule has 11 heavy (non-hydrogen) atoms. The fourth-order valence-electron chi connectivity index (χ4n) is 0.514. The van der Waals surface area contributed by atoms with Crippen LogP contribution in [0.2, 0.25) is 0 Å². The Balaban J connectivity index is 2.80. The van der Waals surface area contributed by atoms with Crippen LogP contribution in [0.3, 0.4) is 0 Å². The minimum atomic E-state index is 0.263. The smallest absolute Gasteiger partial charge is 0.106 e. The van der Waals surface area contributed by atoms with Gasteiger partial charge in [0.05, 0.1) is 26.4 Å². The van der Waals surface area contributed by atoms with Crippen LogP contribution in [0, 0.1) is 0 Å². The van der Waals surface area contributed by atoms with Gasteiger partial charge < -0.3 is 14.2 Å². The highest BCUT2D eigenvalue weighted by molar-refractivity contribution is 14.1. The number of ether oxygens (including phenoxy) is 3. The van der Waals surface area contributed by atoms with E-state index in [1.54, 1.807) is 7.11 Å². The SMILES string of the molecule is COCCOCCOC(C)I. The molecule has 0 aromatic carbocycles. The Morgan fingerprint density at radius 2 is 1.82 bits per heavy atom. The van der Waals surface area contributed by atoms with Gasteiger partial charge in [0, 0.05) is 7.11 Å². The van der Waals surface area contributed by atoms with Crippen LogP contribution in [0.1, 0.15) is 6.92 Å². The van der Waals surface area contributed by atoms with E-state index in [4.69, 9.17) is 14.2 Å². The number of rotatable bonds is 7. The van der Waals surface area contributed by atoms with E-state index in [0.29, 0.717) is 26.4 Å². The minimum absolute atomic E-state index is 0.263. The second-order valence-corrected chi connectivity index (χ2v) is 3.77. The number of methoxy groups -OCH3 is 1. The first-order chi connectivity index (χ1) is 5.27. The Labute approximate surface area is 81.5 Å². The highest BCUT2D eigenvalue weighted by atomic mass is 127. The molecule has 0 amide bonds. The fraction of sp³-hybridized carbons (Fsp3) is 1.00. The minimum Gasteiger partial charge on any atom is -0.382 e. The van der Waals surface area contributed by atoms with E-state index in [2.05, 4.69) is 22.6 Å². The molecule has 0 aromatic rings. The van der Waals surface area contributed by atoms with E-state index in [1.165, 1.54) is 0 Å². The van der Waals surface area contributed by atoms with Crippen molar-refractivity contribution in [1.82, 2.24) is 0 Å². The van der Waals surface area contributed by atoms with Gasteiger partial charge in [-0.25, -0.2) is 0 Å². The van der Waals surface area contributed by atoms with E-state index in [9.17, 15) is 0 Å². The molecular formula is C7H15IO3. The van der Waals surface area contributed by atoms with Gasteiger partial charge in [-0.3, -0.25) is 0 Å². The van der Waals surface area contributed by atoms with Crippen molar-refractivity contribution in [1.29, 1.82) is 0 Å². The molecule has 0 heterocycles. The van der Waals surface area contributed by atoms with Crippen molar-refractivity contribution >= 4 is 22.6 Å². The Hall–Kier alpha value is 0.610. The van der Waals surface area contributed by atoms with E-state index >= 15 is 0 Å². The molecule has 0 bridgehead atoms. The molecule has 4 heteroatoms. The summed E-state index contributed by atoms with van der Waals surface area (Å²) in [5.74, 6) is 0. The quantitative estimate of drug-likeness (QED) is 0.399. The average Bonchev–Trinajstić information content (AvgIpc) is 1.96. The lowest BCUT2D eigenvalue weighted by Crippen LogP contribution is -2.10. The maximum atomic E-state index is 5.24. The molecule has 1 atom stereocenters. The predicted molar refractivity (Wildman–Crippen MR) is 52.1 cm³/mol. The molecule has 0 rings (SSSR count).